The molecule has 0 spiro atoms. The summed E-state index contributed by atoms with van der Waals surface area (Å²) in [7, 11) is 0. The van der Waals surface area contributed by atoms with Gasteiger partial charge in [-0.15, -0.1) is 0 Å². The van der Waals surface area contributed by atoms with Crippen LogP contribution in [0.3, 0.4) is 0 Å². The van der Waals surface area contributed by atoms with E-state index < -0.39 is 0 Å². The molecule has 0 bridgehead atoms. The van der Waals surface area contributed by atoms with Crippen LogP contribution in [-0.4, -0.2) is 31.5 Å². The van der Waals surface area contributed by atoms with Crippen LogP contribution in [0.5, 0.6) is 0 Å². The number of nitrogens with two attached hydrogens (primary N) is 1. The Hall–Kier alpha value is -0.120. The highest BCUT2D eigenvalue weighted by atomic mass is 16.6. The Balaban J connectivity index is 1.89. The van der Waals surface area contributed by atoms with Gasteiger partial charge in [0.15, 0.2) is 0 Å². The molecule has 0 aromatic carbocycles. The highest BCUT2D eigenvalue weighted by molar-refractivity contribution is 4.87. The topological polar surface area (TPSA) is 44.5 Å². The Morgan fingerprint density at radius 1 is 1.38 bits per heavy atom. The van der Waals surface area contributed by atoms with Crippen LogP contribution in [0.25, 0.3) is 0 Å². The van der Waals surface area contributed by atoms with Crippen LogP contribution in [0, 0.1) is 5.92 Å². The molecule has 0 amide bonds. The standard InChI is InChI=1S/C13H25NO2/c1-11-4-2-5-12(8-11)16-13(9-14)6-3-7-15-10-13/h11-12H,2-10,14H2,1H3. The molecule has 16 heavy (non-hydrogen) atoms. The second-order valence-electron chi connectivity index (χ2n) is 5.55. The summed E-state index contributed by atoms with van der Waals surface area (Å²) in [6, 6.07) is 0. The van der Waals surface area contributed by atoms with Gasteiger partial charge in [0.2, 0.25) is 0 Å². The number of hydrogen-bond donors (Lipinski definition) is 1. The summed E-state index contributed by atoms with van der Waals surface area (Å²) in [5.74, 6) is 0.804. The first-order chi connectivity index (χ1) is 7.74. The zero-order chi connectivity index (χ0) is 11.4. The second-order valence-corrected chi connectivity index (χ2v) is 5.55. The van der Waals surface area contributed by atoms with Gasteiger partial charge in [0.1, 0.15) is 5.60 Å². The van der Waals surface area contributed by atoms with Gasteiger partial charge < -0.3 is 15.2 Å². The average Bonchev–Trinajstić information content (AvgIpc) is 2.30. The van der Waals surface area contributed by atoms with Crippen LogP contribution >= 0.6 is 0 Å². The molecule has 2 fully saturated rings. The lowest BCUT2D eigenvalue weighted by molar-refractivity contribution is -0.162. The Labute approximate surface area is 98.7 Å². The normalized spacial score (nSPS) is 40.9. The third-order valence-corrected chi connectivity index (χ3v) is 3.96. The Kier molecular flexibility index (Phi) is 4.22. The molecule has 3 heteroatoms. The average molecular weight is 227 g/mol. The van der Waals surface area contributed by atoms with E-state index in [4.69, 9.17) is 15.2 Å². The number of rotatable bonds is 3. The van der Waals surface area contributed by atoms with Crippen molar-refractivity contribution in [3.63, 3.8) is 0 Å². The summed E-state index contributed by atoms with van der Waals surface area (Å²) in [6.07, 6.45) is 7.61. The zero-order valence-corrected chi connectivity index (χ0v) is 10.4. The minimum atomic E-state index is -0.181. The fourth-order valence-corrected chi connectivity index (χ4v) is 2.97. The van der Waals surface area contributed by atoms with E-state index in [-0.39, 0.29) is 5.60 Å². The molecule has 94 valence electrons. The largest absolute Gasteiger partial charge is 0.378 e. The molecule has 2 N–H and O–H groups in total. The van der Waals surface area contributed by atoms with Crippen LogP contribution in [0.4, 0.5) is 0 Å². The molecule has 2 rings (SSSR count). The van der Waals surface area contributed by atoms with Crippen molar-refractivity contribution in [3.05, 3.63) is 0 Å². The predicted octanol–water partition coefficient (Wildman–Crippen LogP) is 2.09. The first-order valence-electron chi connectivity index (χ1n) is 6.70. The van der Waals surface area contributed by atoms with Gasteiger partial charge in [0.25, 0.3) is 0 Å². The summed E-state index contributed by atoms with van der Waals surface area (Å²) in [5, 5.41) is 0. The van der Waals surface area contributed by atoms with E-state index in [0.717, 1.165) is 25.4 Å². The van der Waals surface area contributed by atoms with Crippen molar-refractivity contribution < 1.29 is 9.47 Å². The maximum Gasteiger partial charge on any atom is 0.104 e. The summed E-state index contributed by atoms with van der Waals surface area (Å²) >= 11 is 0. The van der Waals surface area contributed by atoms with Crippen LogP contribution in [-0.2, 0) is 9.47 Å². The van der Waals surface area contributed by atoms with Crippen molar-refractivity contribution in [1.82, 2.24) is 0 Å². The van der Waals surface area contributed by atoms with Crippen molar-refractivity contribution in [2.75, 3.05) is 19.8 Å². The minimum Gasteiger partial charge on any atom is -0.378 e. The zero-order valence-electron chi connectivity index (χ0n) is 10.4. The molecule has 3 unspecified atom stereocenters. The summed E-state index contributed by atoms with van der Waals surface area (Å²) < 4.78 is 11.8. The summed E-state index contributed by atoms with van der Waals surface area (Å²) in [5.41, 5.74) is 5.70. The smallest absolute Gasteiger partial charge is 0.104 e. The molecular formula is C13H25NO2. The molecule has 2 aliphatic rings. The quantitative estimate of drug-likeness (QED) is 0.803. The molecule has 1 aliphatic heterocycles. The molecule has 0 radical (unpaired) electrons. The molecular weight excluding hydrogens is 202 g/mol. The van der Waals surface area contributed by atoms with Gasteiger partial charge >= 0.3 is 0 Å². The van der Waals surface area contributed by atoms with E-state index in [1.54, 1.807) is 0 Å². The van der Waals surface area contributed by atoms with Gasteiger partial charge in [-0.1, -0.05) is 19.8 Å². The molecule has 1 saturated heterocycles. The Morgan fingerprint density at radius 3 is 2.88 bits per heavy atom. The number of ether oxygens (including phenoxy) is 2. The molecule has 1 heterocycles. The predicted molar refractivity (Wildman–Crippen MR) is 64.3 cm³/mol. The molecule has 3 nitrogen and oxygen atoms in total. The van der Waals surface area contributed by atoms with Gasteiger partial charge in [-0.05, 0) is 31.6 Å². The van der Waals surface area contributed by atoms with Crippen LogP contribution in [0.2, 0.25) is 0 Å². The fraction of sp³-hybridized carbons (Fsp3) is 1.00. The van der Waals surface area contributed by atoms with Crippen molar-refractivity contribution >= 4 is 0 Å². The Morgan fingerprint density at radius 2 is 2.25 bits per heavy atom. The van der Waals surface area contributed by atoms with Crippen molar-refractivity contribution in [2.45, 2.75) is 57.2 Å². The van der Waals surface area contributed by atoms with E-state index in [1.807, 2.05) is 0 Å². The van der Waals surface area contributed by atoms with Crippen LogP contribution in [0.15, 0.2) is 0 Å². The molecule has 1 aliphatic carbocycles. The van der Waals surface area contributed by atoms with E-state index in [0.29, 0.717) is 19.3 Å². The third-order valence-electron chi connectivity index (χ3n) is 3.96. The Bertz CT molecular complexity index is 214. The summed E-state index contributed by atoms with van der Waals surface area (Å²) in [4.78, 5) is 0. The SMILES string of the molecule is CC1CCCC(OC2(CN)CCCOC2)C1. The van der Waals surface area contributed by atoms with Gasteiger partial charge in [-0.25, -0.2) is 0 Å². The molecule has 0 aromatic rings. The van der Waals surface area contributed by atoms with E-state index >= 15 is 0 Å². The van der Waals surface area contributed by atoms with Gasteiger partial charge in [0.05, 0.1) is 12.7 Å². The number of hydrogen-bond acceptors (Lipinski definition) is 3. The second kappa shape index (κ2) is 5.48. The highest BCUT2D eigenvalue weighted by Gasteiger charge is 2.36. The van der Waals surface area contributed by atoms with E-state index in [2.05, 4.69) is 6.92 Å². The maximum absolute atomic E-state index is 6.29. The molecule has 0 aromatic heterocycles. The minimum absolute atomic E-state index is 0.181. The fourth-order valence-electron chi connectivity index (χ4n) is 2.97. The lowest BCUT2D eigenvalue weighted by atomic mass is 9.87. The maximum atomic E-state index is 6.29. The van der Waals surface area contributed by atoms with E-state index in [9.17, 15) is 0 Å². The van der Waals surface area contributed by atoms with Crippen LogP contribution < -0.4 is 5.73 Å². The van der Waals surface area contributed by atoms with Crippen molar-refractivity contribution in [2.24, 2.45) is 11.7 Å². The first kappa shape index (κ1) is 12.3. The molecule has 3 atom stereocenters. The molecule has 1 saturated carbocycles. The highest BCUT2D eigenvalue weighted by Crippen LogP contribution is 2.31. The monoisotopic (exact) mass is 227 g/mol. The lowest BCUT2D eigenvalue weighted by Crippen LogP contribution is -2.50. The van der Waals surface area contributed by atoms with E-state index in [1.165, 1.54) is 25.7 Å². The summed E-state index contributed by atoms with van der Waals surface area (Å²) in [6.45, 7) is 4.47. The van der Waals surface area contributed by atoms with Crippen molar-refractivity contribution in [3.8, 4) is 0 Å². The lowest BCUT2D eigenvalue weighted by Gasteiger charge is -2.40. The van der Waals surface area contributed by atoms with Crippen molar-refractivity contribution in [1.29, 1.82) is 0 Å². The third kappa shape index (κ3) is 2.96. The van der Waals surface area contributed by atoms with Gasteiger partial charge in [-0.2, -0.15) is 0 Å². The first-order valence-corrected chi connectivity index (χ1v) is 6.70. The van der Waals surface area contributed by atoms with Gasteiger partial charge in [0, 0.05) is 13.2 Å². The van der Waals surface area contributed by atoms with Gasteiger partial charge in [-0.3, -0.25) is 0 Å². The van der Waals surface area contributed by atoms with Crippen LogP contribution in [0.1, 0.15) is 45.4 Å².